The Morgan fingerprint density at radius 3 is 2.31 bits per heavy atom. The van der Waals surface area contributed by atoms with Crippen LogP contribution in [0.25, 0.3) is 44.6 Å². The Morgan fingerprint density at radius 1 is 0.816 bits per heavy atom. The molecule has 0 bridgehead atoms. The molecule has 0 atom stereocenters. The summed E-state index contributed by atoms with van der Waals surface area (Å²) >= 11 is 0. The molecule has 0 saturated heterocycles. The van der Waals surface area contributed by atoms with Crippen molar-refractivity contribution in [3.05, 3.63) is 108 Å². The van der Waals surface area contributed by atoms with Gasteiger partial charge in [-0.1, -0.05) is 114 Å². The quantitative estimate of drug-likeness (QED) is 0.119. The summed E-state index contributed by atoms with van der Waals surface area (Å²) in [7, 11) is -1.34. The van der Waals surface area contributed by atoms with Gasteiger partial charge in [0.15, 0.2) is 0 Å². The van der Waals surface area contributed by atoms with Crippen LogP contribution in [0.5, 0.6) is 0 Å². The van der Waals surface area contributed by atoms with E-state index in [9.17, 15) is 0 Å². The predicted octanol–water partition coefficient (Wildman–Crippen LogP) is 11.3. The first-order valence-corrected chi connectivity index (χ1v) is 21.2. The molecule has 1 fully saturated rings. The number of aromatic nitrogens is 3. The molecule has 4 nitrogen and oxygen atoms in total. The molecule has 1 aliphatic rings. The topological polar surface area (TPSA) is 51.8 Å². The van der Waals surface area contributed by atoms with Crippen LogP contribution in [-0.2, 0) is 26.5 Å². The number of pyridine rings is 3. The smallest absolute Gasteiger partial charge is 0.216 e. The molecule has 0 unspecified atom stereocenters. The van der Waals surface area contributed by atoms with E-state index in [-0.39, 0.29) is 20.1 Å². The van der Waals surface area contributed by atoms with Crippen LogP contribution in [0.3, 0.4) is 0 Å². The van der Waals surface area contributed by atoms with Crippen LogP contribution in [0, 0.1) is 18.1 Å². The summed E-state index contributed by atoms with van der Waals surface area (Å²) in [5.74, 6) is 1.72. The fourth-order valence-corrected chi connectivity index (χ4v) is 8.56. The molecule has 4 heterocycles. The van der Waals surface area contributed by atoms with Crippen molar-refractivity contribution in [2.45, 2.75) is 97.7 Å². The maximum absolute atomic E-state index is 6.24. The molecule has 0 aliphatic heterocycles. The summed E-state index contributed by atoms with van der Waals surface area (Å²) in [5.41, 5.74) is 9.37. The molecule has 2 aromatic carbocycles. The van der Waals surface area contributed by atoms with Crippen LogP contribution in [0.2, 0.25) is 19.6 Å². The molecule has 7 rings (SSSR count). The molecular formula is C43H49IrN3OSi-2. The molecular weight excluding hydrogens is 795 g/mol. The maximum Gasteiger partial charge on any atom is 0.216 e. The summed E-state index contributed by atoms with van der Waals surface area (Å²) < 4.78 is 6.24. The third-order valence-electron chi connectivity index (χ3n) is 9.59. The largest absolute Gasteiger partial charge is 0.486 e. The third-order valence-corrected chi connectivity index (χ3v) is 11.6. The van der Waals surface area contributed by atoms with Crippen LogP contribution < -0.4 is 5.19 Å². The van der Waals surface area contributed by atoms with E-state index in [4.69, 9.17) is 9.40 Å². The third kappa shape index (κ3) is 8.66. The number of furan rings is 1. The van der Waals surface area contributed by atoms with E-state index >= 15 is 0 Å². The van der Waals surface area contributed by atoms with Crippen molar-refractivity contribution in [1.29, 1.82) is 0 Å². The number of fused-ring (bicyclic) bond motifs is 3. The first-order chi connectivity index (χ1) is 23.1. The predicted molar refractivity (Wildman–Crippen MR) is 204 cm³/mol. The van der Waals surface area contributed by atoms with Gasteiger partial charge in [-0.05, 0) is 58.9 Å². The molecule has 0 N–H and O–H groups in total. The Balaban J connectivity index is 0.000000205. The normalized spacial score (nSPS) is 13.8. The zero-order valence-electron chi connectivity index (χ0n) is 30.1. The van der Waals surface area contributed by atoms with E-state index in [1.54, 1.807) is 0 Å². The number of hydrogen-bond donors (Lipinski definition) is 0. The second kappa shape index (κ2) is 16.1. The molecule has 6 aromatic rings. The molecule has 1 saturated carbocycles. The summed E-state index contributed by atoms with van der Waals surface area (Å²) in [6, 6.07) is 29.6. The molecule has 4 aromatic heterocycles. The molecule has 1 radical (unpaired) electrons. The zero-order chi connectivity index (χ0) is 33.8. The monoisotopic (exact) mass is 844 g/mol. The summed E-state index contributed by atoms with van der Waals surface area (Å²) in [6.07, 6.45) is 12.0. The van der Waals surface area contributed by atoms with Crippen molar-refractivity contribution >= 4 is 35.3 Å². The van der Waals surface area contributed by atoms with Gasteiger partial charge in [0.05, 0.1) is 13.7 Å². The van der Waals surface area contributed by atoms with E-state index in [2.05, 4.69) is 118 Å². The molecule has 1 aliphatic carbocycles. The van der Waals surface area contributed by atoms with E-state index in [0.29, 0.717) is 17.5 Å². The fraction of sp³-hybridized carbons (Fsp3) is 0.372. The first kappa shape index (κ1) is 36.8. The zero-order valence-corrected chi connectivity index (χ0v) is 33.5. The Labute approximate surface area is 307 Å². The van der Waals surface area contributed by atoms with Crippen molar-refractivity contribution in [3.8, 4) is 22.5 Å². The van der Waals surface area contributed by atoms with Crippen molar-refractivity contribution in [1.82, 2.24) is 15.0 Å². The SMILES string of the molecule is CC(C)c1cc(-c2[c-]cccc2)ncc1[Si](C)(C)C.CC(C)c1ccc2c(n1)oc1c(-c3cc(CC4CCCCC4)ccn3)[c-]ccc12.[Ir]. The Hall–Kier alpha value is -3.44. The van der Waals surface area contributed by atoms with E-state index < -0.39 is 8.07 Å². The van der Waals surface area contributed by atoms with Crippen LogP contribution in [-0.4, -0.2) is 23.0 Å². The van der Waals surface area contributed by atoms with Gasteiger partial charge in [-0.25, -0.2) is 4.98 Å². The summed E-state index contributed by atoms with van der Waals surface area (Å²) in [4.78, 5) is 14.1. The minimum absolute atomic E-state index is 0. The molecule has 0 spiro atoms. The van der Waals surface area contributed by atoms with Gasteiger partial charge in [0.25, 0.3) is 0 Å². The van der Waals surface area contributed by atoms with Gasteiger partial charge in [-0.2, -0.15) is 0 Å². The first-order valence-electron chi connectivity index (χ1n) is 17.7. The molecule has 257 valence electrons. The van der Waals surface area contributed by atoms with Gasteiger partial charge in [0.1, 0.15) is 0 Å². The van der Waals surface area contributed by atoms with Crippen molar-refractivity contribution < 1.29 is 24.5 Å². The van der Waals surface area contributed by atoms with Crippen molar-refractivity contribution in [3.63, 3.8) is 0 Å². The van der Waals surface area contributed by atoms with Gasteiger partial charge < -0.3 is 14.4 Å². The van der Waals surface area contributed by atoms with Crippen LogP contribution in [0.15, 0.2) is 83.5 Å². The van der Waals surface area contributed by atoms with Gasteiger partial charge in [-0.3, -0.25) is 0 Å². The molecule has 0 amide bonds. The van der Waals surface area contributed by atoms with Crippen LogP contribution >= 0.6 is 0 Å². The van der Waals surface area contributed by atoms with Gasteiger partial charge in [-0.15, -0.1) is 54.1 Å². The Kier molecular flexibility index (Phi) is 12.1. The minimum atomic E-state index is -1.34. The van der Waals surface area contributed by atoms with Gasteiger partial charge in [0, 0.05) is 43.6 Å². The average Bonchev–Trinajstić information content (AvgIpc) is 3.47. The minimum Gasteiger partial charge on any atom is -0.486 e. The molecule has 49 heavy (non-hydrogen) atoms. The van der Waals surface area contributed by atoms with Crippen molar-refractivity contribution in [2.24, 2.45) is 5.92 Å². The molecule has 6 heteroatoms. The number of benzene rings is 2. The number of hydrogen-bond acceptors (Lipinski definition) is 4. The second-order valence-electron chi connectivity index (χ2n) is 15.0. The van der Waals surface area contributed by atoms with Crippen LogP contribution in [0.1, 0.15) is 88.5 Å². The van der Waals surface area contributed by atoms with Crippen molar-refractivity contribution in [2.75, 3.05) is 0 Å². The van der Waals surface area contributed by atoms with Gasteiger partial charge in [0.2, 0.25) is 5.71 Å². The second-order valence-corrected chi connectivity index (χ2v) is 20.1. The summed E-state index contributed by atoms with van der Waals surface area (Å²) in [6.45, 7) is 16.0. The Morgan fingerprint density at radius 2 is 1.61 bits per heavy atom. The fourth-order valence-electron chi connectivity index (χ4n) is 6.89. The standard InChI is InChI=1S/C26H27N2O.C17H22NSi.Ir/c1-17(2)23-12-11-21-20-9-6-10-22(25(20)29-26(21)28-23)24-16-19(13-14-27-24)15-18-7-4-3-5-8-18;1-13(2)15-11-16(14-9-7-6-8-10-14)18-12-17(15)19(3,4)5;/h6,9,11-14,16-18H,3-5,7-8,15H2,1-2H3;6-9,11-13H,1-5H3;/q2*-1;. The summed E-state index contributed by atoms with van der Waals surface area (Å²) in [5, 5.41) is 3.61. The maximum atomic E-state index is 6.24. The van der Waals surface area contributed by atoms with Gasteiger partial charge >= 0.3 is 0 Å². The average molecular weight is 844 g/mol. The van der Waals surface area contributed by atoms with E-state index in [1.807, 2.05) is 30.5 Å². The van der Waals surface area contributed by atoms with E-state index in [1.165, 1.54) is 48.4 Å². The van der Waals surface area contributed by atoms with Crippen LogP contribution in [0.4, 0.5) is 0 Å². The number of rotatable bonds is 7. The van der Waals surface area contributed by atoms with E-state index in [0.717, 1.165) is 56.9 Å². The Bertz CT molecular complexity index is 1990. The number of nitrogens with zero attached hydrogens (tertiary/aromatic N) is 3.